The highest BCUT2D eigenvalue weighted by molar-refractivity contribution is 7.98. The van der Waals surface area contributed by atoms with Crippen molar-refractivity contribution in [2.45, 2.75) is 51.0 Å². The van der Waals surface area contributed by atoms with Crippen LogP contribution in [-0.2, 0) is 4.79 Å². The van der Waals surface area contributed by atoms with Crippen LogP contribution in [0.4, 0.5) is 5.82 Å². The van der Waals surface area contributed by atoms with Gasteiger partial charge in [0.1, 0.15) is 5.82 Å². The third-order valence-corrected chi connectivity index (χ3v) is 6.07. The van der Waals surface area contributed by atoms with Gasteiger partial charge in [0.15, 0.2) is 0 Å². The topological polar surface area (TPSA) is 50.2 Å². The second-order valence-corrected chi connectivity index (χ2v) is 8.04. The molecule has 2 fully saturated rings. The van der Waals surface area contributed by atoms with Crippen LogP contribution >= 0.6 is 11.8 Å². The summed E-state index contributed by atoms with van der Waals surface area (Å²) < 4.78 is 2.05. The molecule has 2 heterocycles. The lowest BCUT2D eigenvalue weighted by atomic mass is 10.0. The van der Waals surface area contributed by atoms with Crippen LogP contribution in [-0.4, -0.2) is 52.2 Å². The third-order valence-electron chi connectivity index (χ3n) is 5.37. The predicted molar refractivity (Wildman–Crippen MR) is 101 cm³/mol. The summed E-state index contributed by atoms with van der Waals surface area (Å²) >= 11 is 1.93. The molecule has 1 N–H and O–H groups in total. The Bertz CT molecular complexity index is 519. The number of carbonyl (C=O) groups is 1. The van der Waals surface area contributed by atoms with Gasteiger partial charge in [-0.15, -0.1) is 0 Å². The van der Waals surface area contributed by atoms with Gasteiger partial charge in [-0.05, 0) is 50.7 Å². The molecule has 5 nitrogen and oxygen atoms in total. The van der Waals surface area contributed by atoms with Crippen LogP contribution in [0.25, 0.3) is 0 Å². The number of thioether (sulfide) groups is 1. The van der Waals surface area contributed by atoms with E-state index in [1.165, 1.54) is 31.6 Å². The second kappa shape index (κ2) is 8.90. The average molecular weight is 351 g/mol. The molecule has 0 spiro atoms. The monoisotopic (exact) mass is 350 g/mol. The first-order valence-corrected chi connectivity index (χ1v) is 10.7. The van der Waals surface area contributed by atoms with Gasteiger partial charge >= 0.3 is 0 Å². The average Bonchev–Trinajstić information content (AvgIpc) is 3.27. The van der Waals surface area contributed by atoms with E-state index in [2.05, 4.69) is 21.6 Å². The van der Waals surface area contributed by atoms with Gasteiger partial charge in [-0.25, -0.2) is 4.68 Å². The molecule has 1 amide bonds. The van der Waals surface area contributed by atoms with Crippen molar-refractivity contribution in [3.63, 3.8) is 0 Å². The van der Waals surface area contributed by atoms with E-state index in [-0.39, 0.29) is 11.8 Å². The van der Waals surface area contributed by atoms with Gasteiger partial charge in [0.25, 0.3) is 0 Å². The molecule has 0 atom stereocenters. The fraction of sp³-hybridized carbons (Fsp3) is 0.778. The normalized spacial score (nSPS) is 20.5. The van der Waals surface area contributed by atoms with Crippen LogP contribution in [0.1, 0.15) is 51.0 Å². The van der Waals surface area contributed by atoms with Crippen molar-refractivity contribution >= 4 is 23.5 Å². The van der Waals surface area contributed by atoms with E-state index < -0.39 is 0 Å². The van der Waals surface area contributed by atoms with Crippen LogP contribution in [0.3, 0.4) is 0 Å². The molecule has 1 aliphatic carbocycles. The molecule has 6 heteroatoms. The van der Waals surface area contributed by atoms with Crippen molar-refractivity contribution in [2.24, 2.45) is 5.92 Å². The maximum absolute atomic E-state index is 12.4. The Hall–Kier alpha value is -1.01. The second-order valence-electron chi connectivity index (χ2n) is 7.05. The fourth-order valence-corrected chi connectivity index (χ4v) is 4.36. The van der Waals surface area contributed by atoms with E-state index in [1.807, 2.05) is 28.7 Å². The molecule has 1 saturated heterocycles. The van der Waals surface area contributed by atoms with Crippen LogP contribution < -0.4 is 5.32 Å². The Kier molecular flexibility index (Phi) is 6.60. The lowest BCUT2D eigenvalue weighted by molar-refractivity contribution is -0.119. The zero-order valence-corrected chi connectivity index (χ0v) is 15.6. The number of amides is 1. The SMILES string of the molecule is CSCCCN1CCC(n2nccc2NC(=O)C2CCCC2)CC1. The molecule has 0 bridgehead atoms. The zero-order chi connectivity index (χ0) is 16.8. The van der Waals surface area contributed by atoms with Gasteiger partial charge in [0.05, 0.1) is 12.2 Å². The van der Waals surface area contributed by atoms with Crippen LogP contribution in [0.2, 0.25) is 0 Å². The minimum absolute atomic E-state index is 0.184. The Morgan fingerprint density at radius 2 is 2.04 bits per heavy atom. The van der Waals surface area contributed by atoms with Gasteiger partial charge in [0, 0.05) is 25.1 Å². The summed E-state index contributed by atoms with van der Waals surface area (Å²) in [7, 11) is 0. The van der Waals surface area contributed by atoms with Gasteiger partial charge < -0.3 is 10.2 Å². The van der Waals surface area contributed by atoms with E-state index in [9.17, 15) is 4.79 Å². The molecule has 3 rings (SSSR count). The smallest absolute Gasteiger partial charge is 0.228 e. The Labute approximate surface area is 149 Å². The van der Waals surface area contributed by atoms with Gasteiger partial charge in [-0.3, -0.25) is 4.79 Å². The molecular weight excluding hydrogens is 320 g/mol. The fourth-order valence-electron chi connectivity index (χ4n) is 3.94. The molecule has 0 unspecified atom stereocenters. The largest absolute Gasteiger partial charge is 0.311 e. The Morgan fingerprint density at radius 3 is 2.75 bits per heavy atom. The van der Waals surface area contributed by atoms with Gasteiger partial charge in [-0.1, -0.05) is 12.8 Å². The highest BCUT2D eigenvalue weighted by atomic mass is 32.2. The number of rotatable bonds is 7. The Morgan fingerprint density at radius 1 is 1.29 bits per heavy atom. The standard InChI is InChI=1S/C18H30N4OS/c1-24-14-4-11-21-12-8-16(9-13-21)22-17(7-10-19-22)20-18(23)15-5-2-3-6-15/h7,10,15-16H,2-6,8-9,11-14H2,1H3,(H,20,23). The molecule has 134 valence electrons. The van der Waals surface area contributed by atoms with E-state index in [0.29, 0.717) is 6.04 Å². The summed E-state index contributed by atoms with van der Waals surface area (Å²) in [6.45, 7) is 3.47. The molecule has 1 aromatic rings. The maximum atomic E-state index is 12.4. The predicted octanol–water partition coefficient (Wildman–Crippen LogP) is 3.40. The highest BCUT2D eigenvalue weighted by Crippen LogP contribution is 2.28. The number of likely N-dealkylation sites (tertiary alicyclic amines) is 1. The van der Waals surface area contributed by atoms with E-state index in [4.69, 9.17) is 0 Å². The summed E-state index contributed by atoms with van der Waals surface area (Å²) in [5.41, 5.74) is 0. The first-order chi connectivity index (χ1) is 11.8. The zero-order valence-electron chi connectivity index (χ0n) is 14.7. The van der Waals surface area contributed by atoms with Crippen molar-refractivity contribution in [3.8, 4) is 0 Å². The first kappa shape index (κ1) is 17.8. The van der Waals surface area contributed by atoms with Crippen molar-refractivity contribution in [1.29, 1.82) is 0 Å². The molecular formula is C18H30N4OS. The van der Waals surface area contributed by atoms with Crippen molar-refractivity contribution in [3.05, 3.63) is 12.3 Å². The first-order valence-electron chi connectivity index (χ1n) is 9.33. The summed E-state index contributed by atoms with van der Waals surface area (Å²) in [4.78, 5) is 14.9. The van der Waals surface area contributed by atoms with Crippen LogP contribution in [0.5, 0.6) is 0 Å². The van der Waals surface area contributed by atoms with E-state index in [1.54, 1.807) is 0 Å². The lowest BCUT2D eigenvalue weighted by Gasteiger charge is -2.32. The summed E-state index contributed by atoms with van der Waals surface area (Å²) in [6, 6.07) is 2.35. The quantitative estimate of drug-likeness (QED) is 0.766. The molecule has 0 radical (unpaired) electrons. The number of hydrogen-bond donors (Lipinski definition) is 1. The molecule has 0 aromatic carbocycles. The maximum Gasteiger partial charge on any atom is 0.228 e. The number of aromatic nitrogens is 2. The van der Waals surface area contributed by atoms with Crippen molar-refractivity contribution in [2.75, 3.05) is 37.0 Å². The number of nitrogens with one attached hydrogen (secondary N) is 1. The number of hydrogen-bond acceptors (Lipinski definition) is 4. The van der Waals surface area contributed by atoms with Gasteiger partial charge in [-0.2, -0.15) is 16.9 Å². The minimum Gasteiger partial charge on any atom is -0.311 e. The van der Waals surface area contributed by atoms with Crippen LogP contribution in [0, 0.1) is 5.92 Å². The number of carbonyl (C=O) groups excluding carboxylic acids is 1. The van der Waals surface area contributed by atoms with Crippen LogP contribution in [0.15, 0.2) is 12.3 Å². The number of nitrogens with zero attached hydrogens (tertiary/aromatic N) is 3. The third kappa shape index (κ3) is 4.54. The summed E-state index contributed by atoms with van der Waals surface area (Å²) in [5.74, 6) is 2.51. The molecule has 2 aliphatic rings. The number of anilines is 1. The van der Waals surface area contributed by atoms with E-state index >= 15 is 0 Å². The summed E-state index contributed by atoms with van der Waals surface area (Å²) in [5, 5.41) is 7.63. The summed E-state index contributed by atoms with van der Waals surface area (Å²) in [6.07, 6.45) is 11.9. The molecule has 1 aromatic heterocycles. The number of piperidine rings is 1. The molecule has 24 heavy (non-hydrogen) atoms. The lowest BCUT2D eigenvalue weighted by Crippen LogP contribution is -2.36. The highest BCUT2D eigenvalue weighted by Gasteiger charge is 2.26. The molecule has 1 saturated carbocycles. The molecule has 1 aliphatic heterocycles. The Balaban J connectivity index is 1.51. The van der Waals surface area contributed by atoms with Crippen molar-refractivity contribution < 1.29 is 4.79 Å². The minimum atomic E-state index is 0.184. The van der Waals surface area contributed by atoms with Crippen molar-refractivity contribution in [1.82, 2.24) is 14.7 Å². The van der Waals surface area contributed by atoms with Gasteiger partial charge in [0.2, 0.25) is 5.91 Å². The van der Waals surface area contributed by atoms with E-state index in [0.717, 1.165) is 44.6 Å².